The minimum Gasteiger partial charge on any atom is -0.299 e. The lowest BCUT2D eigenvalue weighted by molar-refractivity contribution is 0.293. The molecular formula is C17H25N. The molecular weight excluding hydrogens is 218 g/mol. The van der Waals surface area contributed by atoms with Gasteiger partial charge in [0.05, 0.1) is 0 Å². The second kappa shape index (κ2) is 6.75. The summed E-state index contributed by atoms with van der Waals surface area (Å²) in [6.07, 6.45) is 6.41. The third-order valence-electron chi connectivity index (χ3n) is 3.53. The zero-order chi connectivity index (χ0) is 12.8. The van der Waals surface area contributed by atoms with E-state index in [-0.39, 0.29) is 0 Å². The van der Waals surface area contributed by atoms with Crippen molar-refractivity contribution in [1.82, 2.24) is 4.90 Å². The first-order chi connectivity index (χ1) is 8.74. The van der Waals surface area contributed by atoms with Gasteiger partial charge in [-0.25, -0.2) is 0 Å². The van der Waals surface area contributed by atoms with E-state index in [1.165, 1.54) is 43.5 Å². The van der Waals surface area contributed by atoms with E-state index < -0.39 is 0 Å². The largest absolute Gasteiger partial charge is 0.299 e. The van der Waals surface area contributed by atoms with E-state index in [4.69, 9.17) is 0 Å². The first-order valence-electron chi connectivity index (χ1n) is 7.13. The molecule has 1 nitrogen and oxygen atoms in total. The summed E-state index contributed by atoms with van der Waals surface area (Å²) >= 11 is 0. The number of hydrogen-bond donors (Lipinski definition) is 0. The van der Waals surface area contributed by atoms with E-state index in [1.807, 2.05) is 0 Å². The fourth-order valence-corrected chi connectivity index (χ4v) is 2.17. The lowest BCUT2D eigenvalue weighted by Gasteiger charge is -2.20. The van der Waals surface area contributed by atoms with Crippen LogP contribution in [0.5, 0.6) is 0 Å². The predicted octanol–water partition coefficient (Wildman–Crippen LogP) is 3.91. The molecule has 0 amide bonds. The summed E-state index contributed by atoms with van der Waals surface area (Å²) in [4.78, 5) is 2.61. The van der Waals surface area contributed by atoms with Gasteiger partial charge in [-0.2, -0.15) is 0 Å². The molecule has 2 rings (SSSR count). The summed E-state index contributed by atoms with van der Waals surface area (Å²) in [6.45, 7) is 7.96. The van der Waals surface area contributed by atoms with Crippen LogP contribution in [0.25, 0.3) is 0 Å². The number of rotatable bonds is 7. The van der Waals surface area contributed by atoms with E-state index in [9.17, 15) is 0 Å². The molecule has 1 aliphatic carbocycles. The van der Waals surface area contributed by atoms with Gasteiger partial charge in [0.25, 0.3) is 0 Å². The molecule has 0 spiro atoms. The van der Waals surface area contributed by atoms with Crippen molar-refractivity contribution in [2.45, 2.75) is 33.1 Å². The van der Waals surface area contributed by atoms with Crippen LogP contribution in [0.15, 0.2) is 42.0 Å². The Kier molecular flexibility index (Phi) is 5.00. The summed E-state index contributed by atoms with van der Waals surface area (Å²) in [6, 6.07) is 10.8. The van der Waals surface area contributed by atoms with Crippen molar-refractivity contribution in [2.24, 2.45) is 5.92 Å². The summed E-state index contributed by atoms with van der Waals surface area (Å²) < 4.78 is 0. The molecule has 0 saturated heterocycles. The Hall–Kier alpha value is -1.08. The maximum Gasteiger partial charge on any atom is 0.0165 e. The van der Waals surface area contributed by atoms with Gasteiger partial charge in [-0.05, 0) is 44.6 Å². The van der Waals surface area contributed by atoms with Crippen LogP contribution in [0.2, 0.25) is 0 Å². The molecule has 0 aliphatic heterocycles. The predicted molar refractivity (Wildman–Crippen MR) is 78.7 cm³/mol. The molecule has 1 fully saturated rings. The Labute approximate surface area is 112 Å². The number of benzene rings is 1. The van der Waals surface area contributed by atoms with Crippen molar-refractivity contribution < 1.29 is 0 Å². The minimum absolute atomic E-state index is 0.978. The number of allylic oxidation sites excluding steroid dienone is 1. The van der Waals surface area contributed by atoms with Crippen LogP contribution < -0.4 is 0 Å². The van der Waals surface area contributed by atoms with Crippen LogP contribution >= 0.6 is 0 Å². The van der Waals surface area contributed by atoms with E-state index in [0.717, 1.165) is 12.5 Å². The maximum atomic E-state index is 2.61. The lowest BCUT2D eigenvalue weighted by Crippen LogP contribution is -2.28. The molecule has 0 radical (unpaired) electrons. The Morgan fingerprint density at radius 1 is 1.22 bits per heavy atom. The Bertz CT molecular complexity index is 372. The van der Waals surface area contributed by atoms with Gasteiger partial charge in [0, 0.05) is 19.6 Å². The third-order valence-corrected chi connectivity index (χ3v) is 3.53. The fourth-order valence-electron chi connectivity index (χ4n) is 2.17. The highest BCUT2D eigenvalue weighted by molar-refractivity contribution is 5.15. The van der Waals surface area contributed by atoms with Crippen molar-refractivity contribution in [2.75, 3.05) is 19.6 Å². The van der Waals surface area contributed by atoms with Crippen molar-refractivity contribution in [3.8, 4) is 0 Å². The number of hydrogen-bond acceptors (Lipinski definition) is 1. The number of nitrogens with zero attached hydrogens (tertiary/aromatic N) is 1. The average molecular weight is 243 g/mol. The van der Waals surface area contributed by atoms with Crippen molar-refractivity contribution in [3.63, 3.8) is 0 Å². The van der Waals surface area contributed by atoms with Gasteiger partial charge in [-0.3, -0.25) is 4.90 Å². The summed E-state index contributed by atoms with van der Waals surface area (Å²) in [7, 11) is 0. The first-order valence-corrected chi connectivity index (χ1v) is 7.13. The van der Waals surface area contributed by atoms with Gasteiger partial charge in [0.1, 0.15) is 0 Å². The molecule has 0 bridgehead atoms. The topological polar surface area (TPSA) is 3.24 Å². The smallest absolute Gasteiger partial charge is 0.0165 e. The molecule has 1 aliphatic rings. The average Bonchev–Trinajstić information content (AvgIpc) is 3.18. The molecule has 0 aromatic heterocycles. The van der Waals surface area contributed by atoms with Gasteiger partial charge in [0.2, 0.25) is 0 Å². The SMILES string of the molecule is CC(C)=CCN(CCc1ccccc1)CC1CC1. The van der Waals surface area contributed by atoms with Crippen LogP contribution in [0.1, 0.15) is 32.3 Å². The monoisotopic (exact) mass is 243 g/mol. The summed E-state index contributed by atoms with van der Waals surface area (Å²) in [5.74, 6) is 0.978. The second-order valence-corrected chi connectivity index (χ2v) is 5.72. The Morgan fingerprint density at radius 2 is 1.94 bits per heavy atom. The fraction of sp³-hybridized carbons (Fsp3) is 0.529. The molecule has 0 unspecified atom stereocenters. The van der Waals surface area contributed by atoms with Crippen molar-refractivity contribution >= 4 is 0 Å². The van der Waals surface area contributed by atoms with Crippen LogP contribution in [-0.2, 0) is 6.42 Å². The van der Waals surface area contributed by atoms with E-state index in [1.54, 1.807) is 0 Å². The van der Waals surface area contributed by atoms with Gasteiger partial charge in [-0.15, -0.1) is 0 Å². The highest BCUT2D eigenvalue weighted by Gasteiger charge is 2.23. The highest BCUT2D eigenvalue weighted by atomic mass is 15.1. The Balaban J connectivity index is 1.82. The minimum atomic E-state index is 0.978. The molecule has 1 saturated carbocycles. The molecule has 1 aromatic rings. The molecule has 1 heteroatoms. The maximum absolute atomic E-state index is 2.61. The van der Waals surface area contributed by atoms with E-state index in [0.29, 0.717) is 0 Å². The van der Waals surface area contributed by atoms with Crippen LogP contribution in [0, 0.1) is 5.92 Å². The van der Waals surface area contributed by atoms with Crippen molar-refractivity contribution in [3.05, 3.63) is 47.5 Å². The summed E-state index contributed by atoms with van der Waals surface area (Å²) in [5.41, 5.74) is 2.88. The Morgan fingerprint density at radius 3 is 2.56 bits per heavy atom. The zero-order valence-electron chi connectivity index (χ0n) is 11.7. The van der Waals surface area contributed by atoms with E-state index >= 15 is 0 Å². The van der Waals surface area contributed by atoms with Crippen LogP contribution in [-0.4, -0.2) is 24.5 Å². The molecule has 1 aromatic carbocycles. The van der Waals surface area contributed by atoms with Gasteiger partial charge in [-0.1, -0.05) is 42.0 Å². The second-order valence-electron chi connectivity index (χ2n) is 5.72. The molecule has 0 atom stereocenters. The molecule has 18 heavy (non-hydrogen) atoms. The highest BCUT2D eigenvalue weighted by Crippen LogP contribution is 2.29. The van der Waals surface area contributed by atoms with E-state index in [2.05, 4.69) is 55.2 Å². The molecule has 0 heterocycles. The van der Waals surface area contributed by atoms with Crippen LogP contribution in [0.4, 0.5) is 0 Å². The normalized spacial score (nSPS) is 14.8. The summed E-state index contributed by atoms with van der Waals surface area (Å²) in [5, 5.41) is 0. The van der Waals surface area contributed by atoms with Crippen LogP contribution in [0.3, 0.4) is 0 Å². The lowest BCUT2D eigenvalue weighted by atomic mass is 10.1. The quantitative estimate of drug-likeness (QED) is 0.656. The van der Waals surface area contributed by atoms with Gasteiger partial charge < -0.3 is 0 Å². The molecule has 0 N–H and O–H groups in total. The standard InChI is InChI=1S/C17H25N/c1-15(2)10-12-18(14-17-8-9-17)13-11-16-6-4-3-5-7-16/h3-7,10,17H,8-9,11-14H2,1-2H3. The van der Waals surface area contributed by atoms with Gasteiger partial charge in [0.15, 0.2) is 0 Å². The zero-order valence-corrected chi connectivity index (χ0v) is 11.7. The third kappa shape index (κ3) is 5.05. The van der Waals surface area contributed by atoms with Gasteiger partial charge >= 0.3 is 0 Å². The first kappa shape index (κ1) is 13.4. The van der Waals surface area contributed by atoms with Crippen molar-refractivity contribution in [1.29, 1.82) is 0 Å². The molecule has 98 valence electrons.